The first kappa shape index (κ1) is 15.4. The molecule has 0 radical (unpaired) electrons. The minimum absolute atomic E-state index is 0.128. The first-order chi connectivity index (χ1) is 9.65. The van der Waals surface area contributed by atoms with Gasteiger partial charge in [0.1, 0.15) is 17.6 Å². The zero-order valence-corrected chi connectivity index (χ0v) is 11.6. The maximum absolute atomic E-state index is 11.5. The Morgan fingerprint density at radius 1 is 1.40 bits per heavy atom. The van der Waals surface area contributed by atoms with Gasteiger partial charge in [-0.2, -0.15) is 5.26 Å². The van der Waals surface area contributed by atoms with Gasteiger partial charge in [0.25, 0.3) is 0 Å². The van der Waals surface area contributed by atoms with Crippen LogP contribution in [0.5, 0.6) is 11.5 Å². The fourth-order valence-electron chi connectivity index (χ4n) is 1.42. The zero-order chi connectivity index (χ0) is 15.0. The predicted octanol–water partition coefficient (Wildman–Crippen LogP) is 2.09. The minimum atomic E-state index is -0.677. The van der Waals surface area contributed by atoms with E-state index in [0.29, 0.717) is 17.2 Å². The molecule has 0 amide bonds. The van der Waals surface area contributed by atoms with Crippen molar-refractivity contribution in [2.45, 2.75) is 6.92 Å². The Morgan fingerprint density at radius 2 is 2.15 bits per heavy atom. The van der Waals surface area contributed by atoms with Crippen LogP contribution in [0.25, 0.3) is 0 Å². The number of hydrogen-bond acceptors (Lipinski definition) is 6. The number of benzene rings is 1. The number of anilines is 1. The van der Waals surface area contributed by atoms with Crippen molar-refractivity contribution in [3.05, 3.63) is 30.0 Å². The molecule has 1 N–H and O–H groups in total. The first-order valence-corrected chi connectivity index (χ1v) is 5.92. The number of carbonyl (C=O) groups is 1. The monoisotopic (exact) mass is 276 g/mol. The summed E-state index contributed by atoms with van der Waals surface area (Å²) in [6.07, 6.45) is 1.27. The summed E-state index contributed by atoms with van der Waals surface area (Å²) in [6.45, 7) is 1.88. The van der Waals surface area contributed by atoms with E-state index in [4.69, 9.17) is 19.5 Å². The highest BCUT2D eigenvalue weighted by atomic mass is 16.5. The summed E-state index contributed by atoms with van der Waals surface area (Å²) < 4.78 is 15.0. The molecule has 1 rings (SSSR count). The zero-order valence-electron chi connectivity index (χ0n) is 11.6. The summed E-state index contributed by atoms with van der Waals surface area (Å²) in [5, 5.41) is 11.8. The third-order valence-corrected chi connectivity index (χ3v) is 2.39. The summed E-state index contributed by atoms with van der Waals surface area (Å²) in [5.74, 6) is 0.504. The van der Waals surface area contributed by atoms with Gasteiger partial charge in [-0.3, -0.25) is 0 Å². The van der Waals surface area contributed by atoms with E-state index in [-0.39, 0.29) is 12.2 Å². The lowest BCUT2D eigenvalue weighted by Crippen LogP contribution is -2.08. The van der Waals surface area contributed by atoms with Crippen LogP contribution in [0.4, 0.5) is 5.69 Å². The summed E-state index contributed by atoms with van der Waals surface area (Å²) in [6, 6.07) is 6.92. The molecule has 1 aromatic carbocycles. The van der Waals surface area contributed by atoms with E-state index in [0.717, 1.165) is 0 Å². The van der Waals surface area contributed by atoms with Gasteiger partial charge in [-0.15, -0.1) is 0 Å². The average Bonchev–Trinajstić information content (AvgIpc) is 2.47. The van der Waals surface area contributed by atoms with E-state index in [2.05, 4.69) is 5.32 Å². The van der Waals surface area contributed by atoms with Crippen LogP contribution >= 0.6 is 0 Å². The molecule has 0 aromatic heterocycles. The standard InChI is InChI=1S/C14H16N2O4/c1-4-20-14(17)10(8-15)9-16-12-7-11(18-2)5-6-13(12)19-3/h5-7,9,16H,4H2,1-3H3. The van der Waals surface area contributed by atoms with Crippen molar-refractivity contribution in [1.82, 2.24) is 0 Å². The molecule has 6 heteroatoms. The van der Waals surface area contributed by atoms with Gasteiger partial charge >= 0.3 is 5.97 Å². The molecule has 0 spiro atoms. The Balaban J connectivity index is 2.97. The quantitative estimate of drug-likeness (QED) is 0.487. The van der Waals surface area contributed by atoms with E-state index in [1.165, 1.54) is 13.3 Å². The van der Waals surface area contributed by atoms with Crippen molar-refractivity contribution >= 4 is 11.7 Å². The van der Waals surface area contributed by atoms with Gasteiger partial charge in [0.05, 0.1) is 26.5 Å². The molecule has 0 saturated carbocycles. The Hall–Kier alpha value is -2.68. The number of rotatable bonds is 6. The fourth-order valence-corrected chi connectivity index (χ4v) is 1.42. The second kappa shape index (κ2) is 7.69. The van der Waals surface area contributed by atoms with Crippen LogP contribution in [0.2, 0.25) is 0 Å². The first-order valence-electron chi connectivity index (χ1n) is 5.92. The summed E-state index contributed by atoms with van der Waals surface area (Å²) in [7, 11) is 3.06. The van der Waals surface area contributed by atoms with Crippen molar-refractivity contribution in [2.75, 3.05) is 26.1 Å². The van der Waals surface area contributed by atoms with Crippen LogP contribution in [-0.4, -0.2) is 26.8 Å². The molecule has 0 bridgehead atoms. The second-order valence-corrected chi connectivity index (χ2v) is 3.60. The molecule has 0 atom stereocenters. The molecular weight excluding hydrogens is 260 g/mol. The molecule has 20 heavy (non-hydrogen) atoms. The van der Waals surface area contributed by atoms with Crippen molar-refractivity contribution in [1.29, 1.82) is 5.26 Å². The molecule has 0 aliphatic heterocycles. The number of ether oxygens (including phenoxy) is 3. The number of hydrogen-bond donors (Lipinski definition) is 1. The molecule has 0 fully saturated rings. The second-order valence-electron chi connectivity index (χ2n) is 3.60. The number of methoxy groups -OCH3 is 2. The van der Waals surface area contributed by atoms with Gasteiger partial charge in [-0.1, -0.05) is 0 Å². The largest absolute Gasteiger partial charge is 0.497 e. The van der Waals surface area contributed by atoms with Gasteiger partial charge in [0.15, 0.2) is 5.57 Å². The van der Waals surface area contributed by atoms with Crippen LogP contribution in [0.3, 0.4) is 0 Å². The average molecular weight is 276 g/mol. The molecule has 1 aromatic rings. The summed E-state index contributed by atoms with van der Waals surface area (Å²) in [4.78, 5) is 11.5. The fraction of sp³-hybridized carbons (Fsp3) is 0.286. The van der Waals surface area contributed by atoms with Gasteiger partial charge in [-0.05, 0) is 19.1 Å². The number of nitrogens with one attached hydrogen (secondary N) is 1. The van der Waals surface area contributed by atoms with Gasteiger partial charge < -0.3 is 19.5 Å². The number of carbonyl (C=O) groups excluding carboxylic acids is 1. The summed E-state index contributed by atoms with van der Waals surface area (Å²) in [5.41, 5.74) is 0.445. The van der Waals surface area contributed by atoms with Crippen molar-refractivity contribution in [2.24, 2.45) is 0 Å². The number of nitrogens with zero attached hydrogens (tertiary/aromatic N) is 1. The molecule has 0 heterocycles. The molecule has 6 nitrogen and oxygen atoms in total. The van der Waals surface area contributed by atoms with Crippen LogP contribution in [0, 0.1) is 11.3 Å². The van der Waals surface area contributed by atoms with Gasteiger partial charge in [0, 0.05) is 12.3 Å². The smallest absolute Gasteiger partial charge is 0.350 e. The topological polar surface area (TPSA) is 80.6 Å². The van der Waals surface area contributed by atoms with Crippen LogP contribution < -0.4 is 14.8 Å². The molecule has 0 unspecified atom stereocenters. The van der Waals surface area contributed by atoms with Crippen LogP contribution in [0.15, 0.2) is 30.0 Å². The Kier molecular flexibility index (Phi) is 5.91. The SMILES string of the molecule is CCOC(=O)C(C#N)=CNc1cc(OC)ccc1OC. The summed E-state index contributed by atoms with van der Waals surface area (Å²) >= 11 is 0. The molecular formula is C14H16N2O4. The Morgan fingerprint density at radius 3 is 2.70 bits per heavy atom. The van der Waals surface area contributed by atoms with Gasteiger partial charge in [0.2, 0.25) is 0 Å². The number of nitriles is 1. The van der Waals surface area contributed by atoms with Crippen LogP contribution in [-0.2, 0) is 9.53 Å². The van der Waals surface area contributed by atoms with Crippen molar-refractivity contribution < 1.29 is 19.0 Å². The lowest BCUT2D eigenvalue weighted by atomic mass is 10.2. The Labute approximate surface area is 117 Å². The highest BCUT2D eigenvalue weighted by Crippen LogP contribution is 2.28. The van der Waals surface area contributed by atoms with Crippen molar-refractivity contribution in [3.8, 4) is 17.6 Å². The molecule has 0 aliphatic carbocycles. The molecule has 106 valence electrons. The lowest BCUT2D eigenvalue weighted by molar-refractivity contribution is -0.138. The minimum Gasteiger partial charge on any atom is -0.497 e. The van der Waals surface area contributed by atoms with Crippen LogP contribution in [0.1, 0.15) is 6.92 Å². The predicted molar refractivity (Wildman–Crippen MR) is 73.5 cm³/mol. The molecule has 0 aliphatic rings. The normalized spacial score (nSPS) is 10.4. The van der Waals surface area contributed by atoms with E-state index >= 15 is 0 Å². The third kappa shape index (κ3) is 3.92. The van der Waals surface area contributed by atoms with E-state index in [1.54, 1.807) is 38.3 Å². The van der Waals surface area contributed by atoms with Gasteiger partial charge in [-0.25, -0.2) is 4.79 Å². The van der Waals surface area contributed by atoms with E-state index in [9.17, 15) is 4.79 Å². The van der Waals surface area contributed by atoms with Crippen molar-refractivity contribution in [3.63, 3.8) is 0 Å². The highest BCUT2D eigenvalue weighted by Gasteiger charge is 2.10. The Bertz CT molecular complexity index is 547. The highest BCUT2D eigenvalue weighted by molar-refractivity contribution is 5.93. The third-order valence-electron chi connectivity index (χ3n) is 2.39. The maximum atomic E-state index is 11.5. The lowest BCUT2D eigenvalue weighted by Gasteiger charge is -2.10. The van der Waals surface area contributed by atoms with E-state index < -0.39 is 5.97 Å². The molecule has 0 saturated heterocycles. The maximum Gasteiger partial charge on any atom is 0.350 e. The van der Waals surface area contributed by atoms with E-state index in [1.807, 2.05) is 0 Å². The number of esters is 1.